The average Bonchev–Trinajstić information content (AvgIpc) is 2.20. The molecule has 0 radical (unpaired) electrons. The van der Waals surface area contributed by atoms with Gasteiger partial charge in [0.05, 0.1) is 13.2 Å². The molecule has 0 aromatic rings. The van der Waals surface area contributed by atoms with Gasteiger partial charge >= 0.3 is 0 Å². The number of ether oxygens (including phenoxy) is 2. The van der Waals surface area contributed by atoms with E-state index in [1.807, 2.05) is 20.8 Å². The molecule has 0 bridgehead atoms. The predicted octanol–water partition coefficient (Wildman–Crippen LogP) is 2.83. The molecule has 0 fully saturated rings. The van der Waals surface area contributed by atoms with Crippen LogP contribution in [0.4, 0.5) is 0 Å². The molecule has 0 aromatic carbocycles. The van der Waals surface area contributed by atoms with Crippen LogP contribution in [0.1, 0.15) is 46.5 Å². The molecule has 0 N–H and O–H groups in total. The first-order chi connectivity index (χ1) is 7.48. The minimum absolute atomic E-state index is 0.186. The lowest BCUT2D eigenvalue weighted by molar-refractivity contribution is -0.126. The molecule has 16 heavy (non-hydrogen) atoms. The zero-order chi connectivity index (χ0) is 12.4. The van der Waals surface area contributed by atoms with Gasteiger partial charge < -0.3 is 9.47 Å². The number of rotatable bonds is 9. The third kappa shape index (κ3) is 8.86. The Hall–Kier alpha value is -0.410. The summed E-state index contributed by atoms with van der Waals surface area (Å²) in [5.41, 5.74) is -0.186. The van der Waals surface area contributed by atoms with Gasteiger partial charge in [-0.25, -0.2) is 0 Å². The highest BCUT2D eigenvalue weighted by molar-refractivity contribution is 5.83. The molecule has 96 valence electrons. The molecule has 3 heteroatoms. The molecule has 0 unspecified atom stereocenters. The molecule has 0 rings (SSSR count). The van der Waals surface area contributed by atoms with E-state index in [9.17, 15) is 4.79 Å². The van der Waals surface area contributed by atoms with E-state index >= 15 is 0 Å². The third-order valence-corrected chi connectivity index (χ3v) is 2.46. The predicted molar refractivity (Wildman–Crippen MR) is 65.6 cm³/mol. The van der Waals surface area contributed by atoms with E-state index in [0.29, 0.717) is 25.4 Å². The topological polar surface area (TPSA) is 35.5 Å². The first kappa shape index (κ1) is 15.6. The highest BCUT2D eigenvalue weighted by Gasteiger charge is 2.19. The fraction of sp³-hybridized carbons (Fsp3) is 0.923. The molecule has 0 amide bonds. The zero-order valence-electron chi connectivity index (χ0n) is 11.2. The van der Waals surface area contributed by atoms with Crippen LogP contribution in [0, 0.1) is 5.41 Å². The second kappa shape index (κ2) is 8.71. The van der Waals surface area contributed by atoms with Gasteiger partial charge in [-0.15, -0.1) is 0 Å². The third-order valence-electron chi connectivity index (χ3n) is 2.46. The molecule has 0 saturated carbocycles. The SMILES string of the molecule is COCCOCCCCCC(=O)C(C)(C)C. The molecule has 0 heterocycles. The summed E-state index contributed by atoms with van der Waals surface area (Å²) in [5.74, 6) is 0.354. The summed E-state index contributed by atoms with van der Waals surface area (Å²) in [7, 11) is 1.67. The molecule has 0 aliphatic carbocycles. The van der Waals surface area contributed by atoms with Crippen LogP contribution >= 0.6 is 0 Å². The first-order valence-corrected chi connectivity index (χ1v) is 6.08. The van der Waals surface area contributed by atoms with Gasteiger partial charge in [0, 0.05) is 25.6 Å². The van der Waals surface area contributed by atoms with Crippen molar-refractivity contribution in [3.63, 3.8) is 0 Å². The van der Waals surface area contributed by atoms with Crippen molar-refractivity contribution < 1.29 is 14.3 Å². The van der Waals surface area contributed by atoms with Gasteiger partial charge in [0.1, 0.15) is 5.78 Å². The second-order valence-corrected chi connectivity index (χ2v) is 5.09. The number of hydrogen-bond acceptors (Lipinski definition) is 3. The average molecular weight is 230 g/mol. The van der Waals surface area contributed by atoms with Gasteiger partial charge in [-0.1, -0.05) is 27.2 Å². The lowest BCUT2D eigenvalue weighted by Crippen LogP contribution is -2.19. The van der Waals surface area contributed by atoms with Crippen molar-refractivity contribution in [3.05, 3.63) is 0 Å². The highest BCUT2D eigenvalue weighted by atomic mass is 16.5. The quantitative estimate of drug-likeness (QED) is 0.571. The summed E-state index contributed by atoms with van der Waals surface area (Å²) in [4.78, 5) is 11.6. The van der Waals surface area contributed by atoms with E-state index in [0.717, 1.165) is 25.9 Å². The van der Waals surface area contributed by atoms with Crippen molar-refractivity contribution in [2.75, 3.05) is 26.9 Å². The summed E-state index contributed by atoms with van der Waals surface area (Å²) in [5, 5.41) is 0. The second-order valence-electron chi connectivity index (χ2n) is 5.09. The van der Waals surface area contributed by atoms with Crippen molar-refractivity contribution in [3.8, 4) is 0 Å². The Bertz CT molecular complexity index is 182. The Labute approximate surface area is 99.5 Å². The van der Waals surface area contributed by atoms with Crippen molar-refractivity contribution in [2.24, 2.45) is 5.41 Å². The first-order valence-electron chi connectivity index (χ1n) is 6.08. The van der Waals surface area contributed by atoms with E-state index < -0.39 is 0 Å². The number of carbonyl (C=O) groups is 1. The summed E-state index contributed by atoms with van der Waals surface area (Å²) in [6.07, 6.45) is 3.77. The molecule has 0 spiro atoms. The maximum Gasteiger partial charge on any atom is 0.138 e. The summed E-state index contributed by atoms with van der Waals surface area (Å²) < 4.78 is 10.2. The van der Waals surface area contributed by atoms with E-state index in [1.165, 1.54) is 0 Å². The standard InChI is InChI=1S/C13H26O3/c1-13(2,3)12(14)8-6-5-7-9-16-11-10-15-4/h5-11H2,1-4H3. The van der Waals surface area contributed by atoms with Crippen LogP contribution in [-0.2, 0) is 14.3 Å². The zero-order valence-corrected chi connectivity index (χ0v) is 11.2. The Morgan fingerprint density at radius 1 is 1.00 bits per heavy atom. The van der Waals surface area contributed by atoms with E-state index in [1.54, 1.807) is 7.11 Å². The number of methoxy groups -OCH3 is 1. The smallest absolute Gasteiger partial charge is 0.138 e. The number of Topliss-reactive ketones (excluding diaryl/α,β-unsaturated/α-hetero) is 1. The number of ketones is 1. The van der Waals surface area contributed by atoms with Crippen LogP contribution in [0.25, 0.3) is 0 Å². The molecular weight excluding hydrogens is 204 g/mol. The fourth-order valence-electron chi connectivity index (χ4n) is 1.29. The van der Waals surface area contributed by atoms with E-state index in [-0.39, 0.29) is 5.41 Å². The normalized spacial score (nSPS) is 11.8. The molecule has 0 aromatic heterocycles. The van der Waals surface area contributed by atoms with Gasteiger partial charge in [0.15, 0.2) is 0 Å². The van der Waals surface area contributed by atoms with Gasteiger partial charge in [0.25, 0.3) is 0 Å². The number of hydrogen-bond donors (Lipinski definition) is 0. The van der Waals surface area contributed by atoms with Crippen molar-refractivity contribution >= 4 is 5.78 Å². The van der Waals surface area contributed by atoms with Gasteiger partial charge in [-0.2, -0.15) is 0 Å². The molecule has 0 atom stereocenters. The van der Waals surface area contributed by atoms with E-state index in [4.69, 9.17) is 9.47 Å². The maximum atomic E-state index is 11.6. The summed E-state index contributed by atoms with van der Waals surface area (Å²) in [6, 6.07) is 0. The van der Waals surface area contributed by atoms with Gasteiger partial charge in [-0.05, 0) is 12.8 Å². The minimum Gasteiger partial charge on any atom is -0.382 e. The minimum atomic E-state index is -0.186. The largest absolute Gasteiger partial charge is 0.382 e. The fourth-order valence-corrected chi connectivity index (χ4v) is 1.29. The molecule has 0 aliphatic rings. The van der Waals surface area contributed by atoms with Crippen LogP contribution in [0.3, 0.4) is 0 Å². The molecule has 0 saturated heterocycles. The number of unbranched alkanes of at least 4 members (excludes halogenated alkanes) is 2. The Balaban J connectivity index is 3.25. The summed E-state index contributed by atoms with van der Waals surface area (Å²) in [6.45, 7) is 8.02. The van der Waals surface area contributed by atoms with Crippen LogP contribution < -0.4 is 0 Å². The van der Waals surface area contributed by atoms with Crippen molar-refractivity contribution in [1.82, 2.24) is 0 Å². The van der Waals surface area contributed by atoms with Crippen LogP contribution in [0.2, 0.25) is 0 Å². The Morgan fingerprint density at radius 3 is 2.25 bits per heavy atom. The highest BCUT2D eigenvalue weighted by Crippen LogP contribution is 2.18. The van der Waals surface area contributed by atoms with Crippen LogP contribution in [0.15, 0.2) is 0 Å². The molecule has 0 aliphatic heterocycles. The van der Waals surface area contributed by atoms with Crippen molar-refractivity contribution in [2.45, 2.75) is 46.5 Å². The molecule has 3 nitrogen and oxygen atoms in total. The lowest BCUT2D eigenvalue weighted by Gasteiger charge is -2.16. The van der Waals surface area contributed by atoms with Gasteiger partial charge in [0.2, 0.25) is 0 Å². The monoisotopic (exact) mass is 230 g/mol. The Kier molecular flexibility index (Phi) is 8.49. The lowest BCUT2D eigenvalue weighted by atomic mass is 9.88. The Morgan fingerprint density at radius 2 is 1.69 bits per heavy atom. The summed E-state index contributed by atoms with van der Waals surface area (Å²) >= 11 is 0. The van der Waals surface area contributed by atoms with E-state index in [2.05, 4.69) is 0 Å². The van der Waals surface area contributed by atoms with Crippen LogP contribution in [-0.4, -0.2) is 32.7 Å². The van der Waals surface area contributed by atoms with Crippen LogP contribution in [0.5, 0.6) is 0 Å². The van der Waals surface area contributed by atoms with Gasteiger partial charge in [-0.3, -0.25) is 4.79 Å². The molecular formula is C13H26O3. The maximum absolute atomic E-state index is 11.6. The van der Waals surface area contributed by atoms with Crippen molar-refractivity contribution in [1.29, 1.82) is 0 Å². The number of carbonyl (C=O) groups excluding carboxylic acids is 1.